The summed E-state index contributed by atoms with van der Waals surface area (Å²) in [6.07, 6.45) is 4.91. The van der Waals surface area contributed by atoms with E-state index in [0.29, 0.717) is 5.69 Å². The molecule has 1 aromatic heterocycles. The number of hydrogen-bond donors (Lipinski definition) is 0. The Morgan fingerprint density at radius 3 is 2.59 bits per heavy atom. The smallest absolute Gasteiger partial charge is 0.177 e. The molecule has 0 fully saturated rings. The van der Waals surface area contributed by atoms with Crippen molar-refractivity contribution in [3.8, 4) is 16.9 Å². The first kappa shape index (κ1) is 18.2. The molecule has 7 heteroatoms. The Morgan fingerprint density at radius 2 is 1.85 bits per heavy atom. The van der Waals surface area contributed by atoms with Crippen molar-refractivity contribution in [2.45, 2.75) is 30.6 Å². The molecule has 0 spiro atoms. The summed E-state index contributed by atoms with van der Waals surface area (Å²) < 4.78 is 39.8. The maximum absolute atomic E-state index is 13.6. The molecule has 0 bridgehead atoms. The SMILES string of the molecule is CS(=O)(=O)c1ccccc1-n1nc(-c2ccc(F)c(Cl)c2)c2c1CCCC2. The van der Waals surface area contributed by atoms with Crippen LogP contribution in [0.15, 0.2) is 47.4 Å². The molecule has 0 saturated carbocycles. The van der Waals surface area contributed by atoms with Gasteiger partial charge in [0.15, 0.2) is 9.84 Å². The molecule has 4 rings (SSSR count). The molecular weight excluding hydrogens is 387 g/mol. The van der Waals surface area contributed by atoms with E-state index in [1.165, 1.54) is 12.3 Å². The quantitative estimate of drug-likeness (QED) is 0.640. The third-order valence-electron chi connectivity index (χ3n) is 4.87. The maximum Gasteiger partial charge on any atom is 0.177 e. The third kappa shape index (κ3) is 3.28. The Bertz CT molecular complexity index is 1140. The van der Waals surface area contributed by atoms with Crippen molar-refractivity contribution in [2.75, 3.05) is 6.26 Å². The summed E-state index contributed by atoms with van der Waals surface area (Å²) in [5.74, 6) is -0.476. The number of para-hydroxylation sites is 1. The first-order chi connectivity index (χ1) is 12.9. The minimum absolute atomic E-state index is 0.0446. The number of halogens is 2. The summed E-state index contributed by atoms with van der Waals surface area (Å²) in [6, 6.07) is 11.4. The summed E-state index contributed by atoms with van der Waals surface area (Å²) in [5, 5.41) is 4.79. The summed E-state index contributed by atoms with van der Waals surface area (Å²) in [5.41, 5.74) is 4.09. The highest BCUT2D eigenvalue weighted by atomic mass is 35.5. The normalized spacial score (nSPS) is 14.2. The van der Waals surface area contributed by atoms with Crippen LogP contribution in [0, 0.1) is 5.82 Å². The molecule has 0 radical (unpaired) electrons. The topological polar surface area (TPSA) is 52.0 Å². The van der Waals surface area contributed by atoms with Crippen molar-refractivity contribution in [1.82, 2.24) is 9.78 Å². The van der Waals surface area contributed by atoms with Crippen molar-refractivity contribution >= 4 is 21.4 Å². The van der Waals surface area contributed by atoms with E-state index in [0.717, 1.165) is 48.2 Å². The predicted molar refractivity (Wildman–Crippen MR) is 104 cm³/mol. The first-order valence-corrected chi connectivity index (χ1v) is 11.0. The number of aromatic nitrogens is 2. The van der Waals surface area contributed by atoms with Crippen LogP contribution < -0.4 is 0 Å². The number of sulfone groups is 1. The Labute approximate surface area is 162 Å². The second-order valence-corrected chi connectivity index (χ2v) is 9.15. The van der Waals surface area contributed by atoms with Gasteiger partial charge in [-0.15, -0.1) is 0 Å². The van der Waals surface area contributed by atoms with Crippen molar-refractivity contribution in [3.63, 3.8) is 0 Å². The average Bonchev–Trinajstić information content (AvgIpc) is 3.03. The average molecular weight is 405 g/mol. The molecule has 0 saturated heterocycles. The van der Waals surface area contributed by atoms with Gasteiger partial charge in [0.1, 0.15) is 5.82 Å². The highest BCUT2D eigenvalue weighted by molar-refractivity contribution is 7.90. The Morgan fingerprint density at radius 1 is 1.11 bits per heavy atom. The molecule has 0 amide bonds. The van der Waals surface area contributed by atoms with E-state index in [1.807, 2.05) is 0 Å². The van der Waals surface area contributed by atoms with Gasteiger partial charge in [-0.25, -0.2) is 17.5 Å². The fourth-order valence-electron chi connectivity index (χ4n) is 3.62. The second kappa shape index (κ2) is 6.77. The molecule has 27 heavy (non-hydrogen) atoms. The van der Waals surface area contributed by atoms with Gasteiger partial charge in [-0.2, -0.15) is 5.10 Å². The van der Waals surface area contributed by atoms with E-state index in [4.69, 9.17) is 16.7 Å². The first-order valence-electron chi connectivity index (χ1n) is 8.72. The van der Waals surface area contributed by atoms with Gasteiger partial charge in [0, 0.05) is 23.1 Å². The van der Waals surface area contributed by atoms with E-state index in [2.05, 4.69) is 0 Å². The molecule has 1 aliphatic carbocycles. The van der Waals surface area contributed by atoms with Gasteiger partial charge >= 0.3 is 0 Å². The lowest BCUT2D eigenvalue weighted by Gasteiger charge is -2.15. The minimum Gasteiger partial charge on any atom is -0.236 e. The lowest BCUT2D eigenvalue weighted by Crippen LogP contribution is -2.11. The van der Waals surface area contributed by atoms with Crippen LogP contribution in [-0.2, 0) is 22.7 Å². The fourth-order valence-corrected chi connectivity index (χ4v) is 4.66. The number of rotatable bonds is 3. The standard InChI is InChI=1S/C20H18ClFN2O2S/c1-27(25,26)19-9-5-4-8-18(19)24-17-7-3-2-6-14(17)20(23-24)13-10-11-16(22)15(21)12-13/h4-5,8-12H,2-3,6-7H2,1H3. The van der Waals surface area contributed by atoms with Crippen LogP contribution in [0.5, 0.6) is 0 Å². The van der Waals surface area contributed by atoms with E-state index in [1.54, 1.807) is 41.1 Å². The van der Waals surface area contributed by atoms with Crippen LogP contribution in [0.2, 0.25) is 5.02 Å². The van der Waals surface area contributed by atoms with E-state index in [-0.39, 0.29) is 9.92 Å². The van der Waals surface area contributed by atoms with Gasteiger partial charge in [0.05, 0.1) is 21.3 Å². The lowest BCUT2D eigenvalue weighted by molar-refractivity contribution is 0.599. The number of hydrogen-bond acceptors (Lipinski definition) is 3. The number of nitrogens with zero attached hydrogens (tertiary/aromatic N) is 2. The van der Waals surface area contributed by atoms with Crippen molar-refractivity contribution < 1.29 is 12.8 Å². The molecule has 0 aliphatic heterocycles. The molecular formula is C20H18ClFN2O2S. The van der Waals surface area contributed by atoms with Crippen LogP contribution in [-0.4, -0.2) is 24.5 Å². The highest BCUT2D eigenvalue weighted by Gasteiger charge is 2.25. The van der Waals surface area contributed by atoms with Gasteiger partial charge < -0.3 is 0 Å². The van der Waals surface area contributed by atoms with E-state index >= 15 is 0 Å². The fraction of sp³-hybridized carbons (Fsp3) is 0.250. The zero-order valence-electron chi connectivity index (χ0n) is 14.7. The molecule has 4 nitrogen and oxygen atoms in total. The molecule has 0 N–H and O–H groups in total. The molecule has 140 valence electrons. The maximum atomic E-state index is 13.6. The van der Waals surface area contributed by atoms with Crippen molar-refractivity contribution in [2.24, 2.45) is 0 Å². The largest absolute Gasteiger partial charge is 0.236 e. The van der Waals surface area contributed by atoms with Gasteiger partial charge in [-0.3, -0.25) is 0 Å². The van der Waals surface area contributed by atoms with Crippen LogP contribution in [0.1, 0.15) is 24.1 Å². The van der Waals surface area contributed by atoms with Gasteiger partial charge in [-0.05, 0) is 56.0 Å². The van der Waals surface area contributed by atoms with Crippen molar-refractivity contribution in [3.05, 3.63) is 64.6 Å². The Balaban J connectivity index is 1.97. The lowest BCUT2D eigenvalue weighted by atomic mass is 9.93. The zero-order chi connectivity index (χ0) is 19.2. The Hall–Kier alpha value is -2.18. The molecule has 1 aliphatic rings. The molecule has 0 unspecified atom stereocenters. The zero-order valence-corrected chi connectivity index (χ0v) is 16.3. The number of fused-ring (bicyclic) bond motifs is 1. The Kier molecular flexibility index (Phi) is 4.56. The molecule has 0 atom stereocenters. The van der Waals surface area contributed by atoms with Crippen LogP contribution in [0.3, 0.4) is 0 Å². The van der Waals surface area contributed by atoms with Gasteiger partial charge in [-0.1, -0.05) is 23.7 Å². The van der Waals surface area contributed by atoms with Crippen molar-refractivity contribution in [1.29, 1.82) is 0 Å². The molecule has 2 aromatic carbocycles. The van der Waals surface area contributed by atoms with Gasteiger partial charge in [0.25, 0.3) is 0 Å². The summed E-state index contributed by atoms with van der Waals surface area (Å²) >= 11 is 5.97. The summed E-state index contributed by atoms with van der Waals surface area (Å²) in [6.45, 7) is 0. The van der Waals surface area contributed by atoms with E-state index < -0.39 is 15.7 Å². The number of benzene rings is 2. The summed E-state index contributed by atoms with van der Waals surface area (Å²) in [4.78, 5) is 0.240. The van der Waals surface area contributed by atoms with E-state index in [9.17, 15) is 12.8 Å². The molecule has 1 heterocycles. The van der Waals surface area contributed by atoms with Gasteiger partial charge in [0.2, 0.25) is 0 Å². The molecule has 3 aromatic rings. The van der Waals surface area contributed by atoms with Crippen LogP contribution in [0.4, 0.5) is 4.39 Å². The highest BCUT2D eigenvalue weighted by Crippen LogP contribution is 2.35. The predicted octanol–water partition coefficient (Wildman–Crippen LogP) is 4.61. The van der Waals surface area contributed by atoms with Crippen LogP contribution >= 0.6 is 11.6 Å². The third-order valence-corrected chi connectivity index (χ3v) is 6.30. The second-order valence-electron chi connectivity index (χ2n) is 6.76. The monoisotopic (exact) mass is 404 g/mol. The summed E-state index contributed by atoms with van der Waals surface area (Å²) in [7, 11) is -3.41. The minimum atomic E-state index is -3.41. The van der Waals surface area contributed by atoms with Crippen LogP contribution in [0.25, 0.3) is 16.9 Å².